The fourth-order valence-electron chi connectivity index (χ4n) is 1.75. The van der Waals surface area contributed by atoms with Gasteiger partial charge in [-0.2, -0.15) is 0 Å². The van der Waals surface area contributed by atoms with Gasteiger partial charge in [0.1, 0.15) is 11.3 Å². The van der Waals surface area contributed by atoms with Crippen LogP contribution in [0.5, 0.6) is 0 Å². The summed E-state index contributed by atoms with van der Waals surface area (Å²) in [6.45, 7) is 1.89. The molecule has 2 aromatic heterocycles. The summed E-state index contributed by atoms with van der Waals surface area (Å²) >= 11 is 1.42. The molecule has 2 heterocycles. The number of carbonyl (C=O) groups is 2. The number of aromatic amines is 1. The van der Waals surface area contributed by atoms with Crippen molar-refractivity contribution in [2.75, 3.05) is 12.8 Å². The monoisotopic (exact) mass is 333 g/mol. The first-order valence-electron chi connectivity index (χ1n) is 6.52. The molecule has 0 atom stereocenters. The third kappa shape index (κ3) is 3.86. The largest absolute Gasteiger partial charge is 0.477 e. The van der Waals surface area contributed by atoms with Crippen LogP contribution in [-0.4, -0.2) is 34.1 Å². The van der Waals surface area contributed by atoms with E-state index >= 15 is 0 Å². The molecule has 0 aliphatic rings. The molecule has 0 aliphatic heterocycles. The number of fused-ring (bicyclic) bond motifs is 1. The summed E-state index contributed by atoms with van der Waals surface area (Å²) in [5, 5.41) is 8.55. The number of nitrogens with two attached hydrogens (primary N) is 1. The Kier molecular flexibility index (Phi) is 4.97. The molecule has 3 aromatic rings. The molecule has 0 saturated carbocycles. The fraction of sp³-hybridized carbons (Fsp3) is 0.133. The van der Waals surface area contributed by atoms with E-state index in [1.165, 1.54) is 18.4 Å². The number of aryl methyl sites for hydroxylation is 1. The van der Waals surface area contributed by atoms with Crippen molar-refractivity contribution in [2.24, 2.45) is 0 Å². The SMILES string of the molecule is COC(=O)c1ccc(C)c(N)c1.O=C(O)c1cc2scnc2[nH]1. The zero-order chi connectivity index (χ0) is 17.0. The average molecular weight is 333 g/mol. The summed E-state index contributed by atoms with van der Waals surface area (Å²) in [6.07, 6.45) is 0. The topological polar surface area (TPSA) is 118 Å². The van der Waals surface area contributed by atoms with Gasteiger partial charge >= 0.3 is 11.9 Å². The number of anilines is 1. The molecule has 0 radical (unpaired) electrons. The van der Waals surface area contributed by atoms with Crippen LogP contribution >= 0.6 is 11.3 Å². The number of H-pyrrole nitrogens is 1. The molecule has 7 nitrogen and oxygen atoms in total. The second-order valence-corrected chi connectivity index (χ2v) is 5.50. The first-order chi connectivity index (χ1) is 10.9. The lowest BCUT2D eigenvalue weighted by atomic mass is 10.1. The van der Waals surface area contributed by atoms with Gasteiger partial charge in [-0.25, -0.2) is 14.6 Å². The zero-order valence-corrected chi connectivity index (χ0v) is 13.3. The molecule has 8 heteroatoms. The highest BCUT2D eigenvalue weighted by Crippen LogP contribution is 2.18. The van der Waals surface area contributed by atoms with E-state index in [1.807, 2.05) is 6.92 Å². The van der Waals surface area contributed by atoms with Gasteiger partial charge in [0.15, 0.2) is 0 Å². The maximum Gasteiger partial charge on any atom is 0.352 e. The highest BCUT2D eigenvalue weighted by Gasteiger charge is 2.08. The molecular weight excluding hydrogens is 318 g/mol. The lowest BCUT2D eigenvalue weighted by Gasteiger charge is -2.02. The van der Waals surface area contributed by atoms with Crippen LogP contribution in [0.3, 0.4) is 0 Å². The summed E-state index contributed by atoms with van der Waals surface area (Å²) in [7, 11) is 1.35. The van der Waals surface area contributed by atoms with Crippen molar-refractivity contribution in [2.45, 2.75) is 6.92 Å². The summed E-state index contributed by atoms with van der Waals surface area (Å²) < 4.78 is 5.41. The number of nitrogen functional groups attached to an aromatic ring is 1. The molecule has 120 valence electrons. The Morgan fingerprint density at radius 2 is 2.09 bits per heavy atom. The number of nitrogens with one attached hydrogen (secondary N) is 1. The van der Waals surface area contributed by atoms with Gasteiger partial charge < -0.3 is 20.6 Å². The number of thiazole rings is 1. The highest BCUT2D eigenvalue weighted by molar-refractivity contribution is 7.16. The number of hydrogen-bond acceptors (Lipinski definition) is 6. The minimum atomic E-state index is -0.949. The van der Waals surface area contributed by atoms with E-state index < -0.39 is 5.97 Å². The predicted octanol–water partition coefficient (Wildman–Crippen LogP) is 2.69. The van der Waals surface area contributed by atoms with E-state index in [-0.39, 0.29) is 11.7 Å². The van der Waals surface area contributed by atoms with E-state index in [0.717, 1.165) is 10.3 Å². The number of hydrogen-bond donors (Lipinski definition) is 3. The van der Waals surface area contributed by atoms with E-state index in [2.05, 4.69) is 14.7 Å². The van der Waals surface area contributed by atoms with Gasteiger partial charge in [0.25, 0.3) is 0 Å². The molecule has 4 N–H and O–H groups in total. The van der Waals surface area contributed by atoms with Crippen LogP contribution in [0.1, 0.15) is 26.4 Å². The van der Waals surface area contributed by atoms with Crippen LogP contribution in [-0.2, 0) is 4.74 Å². The van der Waals surface area contributed by atoms with E-state index in [9.17, 15) is 9.59 Å². The molecule has 0 saturated heterocycles. The van der Waals surface area contributed by atoms with Crippen LogP contribution in [0.15, 0.2) is 29.8 Å². The van der Waals surface area contributed by atoms with Gasteiger partial charge in [-0.1, -0.05) is 6.07 Å². The molecule has 0 fully saturated rings. The Hall–Kier alpha value is -2.87. The van der Waals surface area contributed by atoms with Crippen molar-refractivity contribution >= 4 is 39.3 Å². The van der Waals surface area contributed by atoms with Crippen LogP contribution in [0, 0.1) is 6.92 Å². The molecule has 3 rings (SSSR count). The number of carboxylic acids is 1. The van der Waals surface area contributed by atoms with Crippen LogP contribution in [0.4, 0.5) is 5.69 Å². The third-order valence-electron chi connectivity index (χ3n) is 3.05. The fourth-order valence-corrected chi connectivity index (χ4v) is 2.42. The lowest BCUT2D eigenvalue weighted by Crippen LogP contribution is -2.02. The summed E-state index contributed by atoms with van der Waals surface area (Å²) in [5.74, 6) is -1.31. The Morgan fingerprint density at radius 1 is 1.35 bits per heavy atom. The first-order valence-corrected chi connectivity index (χ1v) is 7.40. The Labute approximate surface area is 135 Å². The number of esters is 1. The molecule has 0 unspecified atom stereocenters. The van der Waals surface area contributed by atoms with E-state index in [0.29, 0.717) is 16.9 Å². The summed E-state index contributed by atoms with van der Waals surface area (Å²) in [4.78, 5) is 28.0. The first kappa shape index (κ1) is 16.5. The third-order valence-corrected chi connectivity index (χ3v) is 3.83. The van der Waals surface area contributed by atoms with Crippen molar-refractivity contribution in [3.63, 3.8) is 0 Å². The Morgan fingerprint density at radius 3 is 2.65 bits per heavy atom. The number of methoxy groups -OCH3 is 1. The molecule has 0 spiro atoms. The normalized spacial score (nSPS) is 10.0. The van der Waals surface area contributed by atoms with Gasteiger partial charge in [-0.05, 0) is 30.7 Å². The average Bonchev–Trinajstić information content (AvgIpc) is 3.11. The maximum absolute atomic E-state index is 11.0. The highest BCUT2D eigenvalue weighted by atomic mass is 32.1. The van der Waals surface area contributed by atoms with Crippen LogP contribution in [0.2, 0.25) is 0 Å². The number of nitrogens with zero attached hydrogens (tertiary/aromatic N) is 1. The number of benzene rings is 1. The molecule has 23 heavy (non-hydrogen) atoms. The number of carboxylic acid groups (broad SMARTS) is 1. The van der Waals surface area contributed by atoms with Gasteiger partial charge in [-0.15, -0.1) is 11.3 Å². The number of carbonyl (C=O) groups excluding carboxylic acids is 1. The lowest BCUT2D eigenvalue weighted by molar-refractivity contribution is 0.0600. The molecule has 0 amide bonds. The predicted molar refractivity (Wildman–Crippen MR) is 87.9 cm³/mol. The van der Waals surface area contributed by atoms with Gasteiger partial charge in [-0.3, -0.25) is 0 Å². The minimum absolute atomic E-state index is 0.194. The molecule has 0 bridgehead atoms. The van der Waals surface area contributed by atoms with Gasteiger partial charge in [0, 0.05) is 5.69 Å². The minimum Gasteiger partial charge on any atom is -0.477 e. The second kappa shape index (κ2) is 6.93. The summed E-state index contributed by atoms with van der Waals surface area (Å²) in [5.41, 5.74) is 10.2. The number of ether oxygens (including phenoxy) is 1. The Balaban J connectivity index is 0.000000167. The van der Waals surface area contributed by atoms with Crippen molar-refractivity contribution in [1.82, 2.24) is 9.97 Å². The van der Waals surface area contributed by atoms with Gasteiger partial charge in [0.2, 0.25) is 0 Å². The molecular formula is C15H15N3O4S. The number of rotatable bonds is 2. The molecule has 0 aliphatic carbocycles. The van der Waals surface area contributed by atoms with Crippen molar-refractivity contribution in [3.05, 3.63) is 46.6 Å². The Bertz CT molecular complexity index is 825. The van der Waals surface area contributed by atoms with Crippen LogP contribution < -0.4 is 5.73 Å². The van der Waals surface area contributed by atoms with Crippen LogP contribution in [0.25, 0.3) is 10.3 Å². The standard InChI is InChI=1S/C9H11NO2.C6H4N2O2S/c1-6-3-4-7(5-8(6)10)9(11)12-2;9-6(10)3-1-4-5(8-3)7-2-11-4/h3-5H,10H2,1-2H3;1-2,8H,(H,9,10). The zero-order valence-electron chi connectivity index (χ0n) is 12.5. The van der Waals surface area contributed by atoms with Crippen molar-refractivity contribution in [3.8, 4) is 0 Å². The van der Waals surface area contributed by atoms with Gasteiger partial charge in [0.05, 0.1) is 22.9 Å². The molecule has 1 aromatic carbocycles. The quantitative estimate of drug-likeness (QED) is 0.490. The number of aromatic carboxylic acids is 1. The van der Waals surface area contributed by atoms with Crippen molar-refractivity contribution < 1.29 is 19.4 Å². The second-order valence-electron chi connectivity index (χ2n) is 4.62. The van der Waals surface area contributed by atoms with Crippen molar-refractivity contribution in [1.29, 1.82) is 0 Å². The summed E-state index contributed by atoms with van der Waals surface area (Å²) in [6, 6.07) is 6.68. The smallest absolute Gasteiger partial charge is 0.352 e. The maximum atomic E-state index is 11.0. The number of aromatic nitrogens is 2. The van der Waals surface area contributed by atoms with E-state index in [4.69, 9.17) is 10.8 Å². The van der Waals surface area contributed by atoms with E-state index in [1.54, 1.807) is 29.8 Å².